The molecule has 9 heteroatoms. The van der Waals surface area contributed by atoms with Gasteiger partial charge >= 0.3 is 11.9 Å². The van der Waals surface area contributed by atoms with Gasteiger partial charge in [-0.1, -0.05) is 38.1 Å². The molecule has 0 aromatic heterocycles. The van der Waals surface area contributed by atoms with Gasteiger partial charge in [-0.15, -0.1) is 0 Å². The van der Waals surface area contributed by atoms with Crippen LogP contribution in [0.4, 0.5) is 0 Å². The number of rotatable bonds is 22. The van der Waals surface area contributed by atoms with Crippen LogP contribution >= 0.6 is 0 Å². The van der Waals surface area contributed by atoms with E-state index in [2.05, 4.69) is 53.2 Å². The van der Waals surface area contributed by atoms with Crippen molar-refractivity contribution < 1.29 is 23.8 Å². The third kappa shape index (κ3) is 15.2. The molecule has 0 fully saturated rings. The van der Waals surface area contributed by atoms with Crippen molar-refractivity contribution in [3.63, 3.8) is 0 Å². The van der Waals surface area contributed by atoms with Crippen LogP contribution in [0.5, 0.6) is 11.5 Å². The summed E-state index contributed by atoms with van der Waals surface area (Å²) in [6.07, 6.45) is 6.22. The molecule has 1 unspecified atom stereocenters. The number of unbranched alkanes of at least 4 members (excludes halogenated alkanes) is 1. The Bertz CT molecular complexity index is 1070. The highest BCUT2D eigenvalue weighted by atomic mass is 16.6. The number of hydrogen-bond acceptors (Lipinski definition) is 8. The molecular formula is C34H54N4O5. The van der Waals surface area contributed by atoms with Gasteiger partial charge in [-0.25, -0.2) is 4.79 Å². The van der Waals surface area contributed by atoms with Crippen LogP contribution < -0.4 is 20.5 Å². The molecule has 0 aliphatic carbocycles. The molecule has 2 aromatic rings. The van der Waals surface area contributed by atoms with Crippen molar-refractivity contribution in [2.24, 2.45) is 5.73 Å². The number of amides is 1. The lowest BCUT2D eigenvalue weighted by molar-refractivity contribution is -0.159. The van der Waals surface area contributed by atoms with E-state index in [0.717, 1.165) is 95.7 Å². The number of methoxy groups -OCH3 is 2. The number of carbonyl (C=O) groups is 2. The van der Waals surface area contributed by atoms with Gasteiger partial charge in [0.15, 0.2) is 6.23 Å². The van der Waals surface area contributed by atoms with Gasteiger partial charge in [0.05, 0.1) is 14.2 Å². The average Bonchev–Trinajstić information content (AvgIpc) is 3.02. The minimum Gasteiger partial charge on any atom is -0.497 e. The lowest BCUT2D eigenvalue weighted by Gasteiger charge is -2.22. The molecule has 0 saturated heterocycles. The summed E-state index contributed by atoms with van der Waals surface area (Å²) in [5, 5.41) is 2.68. The maximum absolute atomic E-state index is 12.2. The van der Waals surface area contributed by atoms with Crippen LogP contribution in [0.25, 0.3) is 0 Å². The molecule has 0 aliphatic heterocycles. The fraction of sp³-hybridized carbons (Fsp3) is 0.588. The number of benzene rings is 2. The largest absolute Gasteiger partial charge is 0.497 e. The van der Waals surface area contributed by atoms with Gasteiger partial charge in [-0.3, -0.25) is 10.5 Å². The second-order valence-corrected chi connectivity index (χ2v) is 10.9. The van der Waals surface area contributed by atoms with Gasteiger partial charge in [-0.05, 0) is 113 Å². The number of carbonyl (C=O) groups excluding carboxylic acids is 2. The molecule has 1 amide bonds. The number of ether oxygens (including phenoxy) is 3. The predicted molar refractivity (Wildman–Crippen MR) is 172 cm³/mol. The van der Waals surface area contributed by atoms with Gasteiger partial charge in [0.1, 0.15) is 11.5 Å². The van der Waals surface area contributed by atoms with Gasteiger partial charge in [-0.2, -0.15) is 0 Å². The lowest BCUT2D eigenvalue weighted by Crippen LogP contribution is -2.38. The molecule has 2 rings (SSSR count). The van der Waals surface area contributed by atoms with Crippen molar-refractivity contribution in [3.05, 3.63) is 59.7 Å². The summed E-state index contributed by atoms with van der Waals surface area (Å²) in [5.74, 6) is 0.0999. The highest BCUT2D eigenvalue weighted by Gasteiger charge is 2.18. The van der Waals surface area contributed by atoms with E-state index in [1.807, 2.05) is 24.3 Å². The van der Waals surface area contributed by atoms with Crippen LogP contribution in [0, 0.1) is 0 Å². The summed E-state index contributed by atoms with van der Waals surface area (Å²) in [5.41, 5.74) is 8.52. The normalized spacial score (nSPS) is 11.9. The van der Waals surface area contributed by atoms with E-state index >= 15 is 0 Å². The van der Waals surface area contributed by atoms with Gasteiger partial charge in [0.25, 0.3) is 0 Å². The average molecular weight is 599 g/mol. The minimum atomic E-state index is -0.915. The molecule has 3 N–H and O–H groups in total. The molecule has 0 aliphatic rings. The summed E-state index contributed by atoms with van der Waals surface area (Å²) in [6, 6.07) is 16.3. The third-order valence-electron chi connectivity index (χ3n) is 7.37. The lowest BCUT2D eigenvalue weighted by atomic mass is 10.1. The van der Waals surface area contributed by atoms with Crippen LogP contribution in [0.1, 0.15) is 63.5 Å². The van der Waals surface area contributed by atoms with Gasteiger partial charge in [0, 0.05) is 19.6 Å². The minimum absolute atomic E-state index is 0.429. The van der Waals surface area contributed by atoms with E-state index in [-0.39, 0.29) is 0 Å². The van der Waals surface area contributed by atoms with E-state index in [1.165, 1.54) is 11.1 Å². The van der Waals surface area contributed by atoms with E-state index < -0.39 is 18.1 Å². The predicted octanol–water partition coefficient (Wildman–Crippen LogP) is 4.42. The number of hydrogen-bond donors (Lipinski definition) is 2. The monoisotopic (exact) mass is 598 g/mol. The molecule has 0 saturated carbocycles. The van der Waals surface area contributed by atoms with Crippen LogP contribution in [-0.2, 0) is 27.2 Å². The Balaban J connectivity index is 1.61. The Morgan fingerprint density at radius 3 is 1.81 bits per heavy atom. The van der Waals surface area contributed by atoms with E-state index in [4.69, 9.17) is 19.9 Å². The standard InChI is InChI=1S/C34H54N4O5/c1-5-20-37(24-17-28-12-9-14-30(26-28)41-3)22-8-7-19-36-33(39)34(40)43-32(35)16-11-23-38(21-6-2)25-18-29-13-10-15-31(27-29)42-4/h9-10,12-15,26-27,32H,5-8,11,16-25,35H2,1-4H3,(H,36,39). The van der Waals surface area contributed by atoms with Crippen molar-refractivity contribution in [1.29, 1.82) is 0 Å². The first-order valence-corrected chi connectivity index (χ1v) is 15.8. The Hall–Kier alpha value is -3.14. The number of esters is 1. The maximum Gasteiger partial charge on any atom is 0.398 e. The molecule has 0 heterocycles. The fourth-order valence-corrected chi connectivity index (χ4v) is 5.03. The maximum atomic E-state index is 12.2. The molecule has 2 aromatic carbocycles. The topological polar surface area (TPSA) is 106 Å². The molecule has 43 heavy (non-hydrogen) atoms. The van der Waals surface area contributed by atoms with Crippen molar-refractivity contribution in [2.75, 3.05) is 60.0 Å². The quantitative estimate of drug-likeness (QED) is 0.0889. The summed E-state index contributed by atoms with van der Waals surface area (Å²) >= 11 is 0. The van der Waals surface area contributed by atoms with Crippen molar-refractivity contribution in [2.45, 2.75) is 71.4 Å². The van der Waals surface area contributed by atoms with Crippen molar-refractivity contribution in [3.8, 4) is 11.5 Å². The second-order valence-electron chi connectivity index (χ2n) is 10.9. The van der Waals surface area contributed by atoms with Crippen LogP contribution in [-0.4, -0.2) is 87.9 Å². The molecule has 1 atom stereocenters. The summed E-state index contributed by atoms with van der Waals surface area (Å²) in [7, 11) is 3.36. The zero-order valence-corrected chi connectivity index (χ0v) is 26.8. The van der Waals surface area contributed by atoms with Crippen LogP contribution in [0.2, 0.25) is 0 Å². The van der Waals surface area contributed by atoms with E-state index in [1.54, 1.807) is 14.2 Å². The first kappa shape index (κ1) is 36.1. The Morgan fingerprint density at radius 2 is 1.30 bits per heavy atom. The number of nitrogens with one attached hydrogen (secondary N) is 1. The number of nitrogens with zero attached hydrogens (tertiary/aromatic N) is 2. The van der Waals surface area contributed by atoms with E-state index in [0.29, 0.717) is 13.0 Å². The first-order valence-electron chi connectivity index (χ1n) is 15.8. The molecule has 9 nitrogen and oxygen atoms in total. The van der Waals surface area contributed by atoms with Gasteiger partial charge in [0.2, 0.25) is 0 Å². The third-order valence-corrected chi connectivity index (χ3v) is 7.37. The van der Waals surface area contributed by atoms with E-state index in [9.17, 15) is 9.59 Å². The fourth-order valence-electron chi connectivity index (χ4n) is 5.03. The van der Waals surface area contributed by atoms with Crippen molar-refractivity contribution in [1.82, 2.24) is 15.1 Å². The van der Waals surface area contributed by atoms with Crippen LogP contribution in [0.15, 0.2) is 48.5 Å². The molecular weight excluding hydrogens is 544 g/mol. The molecule has 0 radical (unpaired) electrons. The Kier molecular flexibility index (Phi) is 18.1. The molecule has 0 bridgehead atoms. The summed E-state index contributed by atoms with van der Waals surface area (Å²) in [6.45, 7) is 10.5. The first-order chi connectivity index (χ1) is 20.9. The highest BCUT2D eigenvalue weighted by Crippen LogP contribution is 2.15. The zero-order valence-electron chi connectivity index (χ0n) is 26.8. The second kappa shape index (κ2) is 21.5. The molecule has 0 spiro atoms. The smallest absolute Gasteiger partial charge is 0.398 e. The van der Waals surface area contributed by atoms with Crippen LogP contribution in [0.3, 0.4) is 0 Å². The molecule has 240 valence electrons. The Morgan fingerprint density at radius 1 is 0.767 bits per heavy atom. The van der Waals surface area contributed by atoms with Crippen molar-refractivity contribution >= 4 is 11.9 Å². The van der Waals surface area contributed by atoms with Gasteiger partial charge < -0.3 is 29.3 Å². The summed E-state index contributed by atoms with van der Waals surface area (Å²) < 4.78 is 15.9. The zero-order chi connectivity index (χ0) is 31.3. The highest BCUT2D eigenvalue weighted by molar-refractivity contribution is 6.32. The number of nitrogens with two attached hydrogens (primary N) is 1. The SMILES string of the molecule is CCCN(CCCCNC(=O)C(=O)OC(N)CCCN(CCC)CCc1cccc(OC)c1)CCc1cccc(OC)c1. The summed E-state index contributed by atoms with van der Waals surface area (Å²) in [4.78, 5) is 29.3. The Labute approximate surface area is 259 Å².